The number of anilines is 1. The van der Waals surface area contributed by atoms with Crippen molar-refractivity contribution in [1.29, 1.82) is 0 Å². The van der Waals surface area contributed by atoms with Gasteiger partial charge in [0.25, 0.3) is 0 Å². The van der Waals surface area contributed by atoms with E-state index in [0.29, 0.717) is 11.3 Å². The molecule has 1 rings (SSSR count). The van der Waals surface area contributed by atoms with Crippen molar-refractivity contribution >= 4 is 17.5 Å². The van der Waals surface area contributed by atoms with Crippen molar-refractivity contribution in [3.05, 3.63) is 29.8 Å². The van der Waals surface area contributed by atoms with Gasteiger partial charge in [-0.3, -0.25) is 9.59 Å². The highest BCUT2D eigenvalue weighted by molar-refractivity contribution is 5.93. The molecule has 0 radical (unpaired) electrons. The summed E-state index contributed by atoms with van der Waals surface area (Å²) in [6, 6.07) is 6.95. The molecule has 1 atom stereocenters. The van der Waals surface area contributed by atoms with Crippen molar-refractivity contribution in [3.8, 4) is 0 Å². The molecule has 2 amide bonds. The number of primary amides is 1. The zero-order valence-electron chi connectivity index (χ0n) is 11.4. The normalized spacial score (nSPS) is 11.7. The molecular formula is C14H21N3O2. The molecule has 0 spiro atoms. The van der Waals surface area contributed by atoms with Crippen molar-refractivity contribution in [2.24, 2.45) is 5.73 Å². The Morgan fingerprint density at radius 3 is 2.74 bits per heavy atom. The van der Waals surface area contributed by atoms with Crippen LogP contribution in [0.2, 0.25) is 0 Å². The number of rotatable bonds is 7. The van der Waals surface area contributed by atoms with Gasteiger partial charge in [-0.05, 0) is 31.5 Å². The van der Waals surface area contributed by atoms with Gasteiger partial charge in [0.05, 0.1) is 6.54 Å². The summed E-state index contributed by atoms with van der Waals surface area (Å²) in [5, 5.41) is 5.86. The van der Waals surface area contributed by atoms with Crippen molar-refractivity contribution in [2.45, 2.75) is 32.7 Å². The molecule has 4 N–H and O–H groups in total. The van der Waals surface area contributed by atoms with Crippen molar-refractivity contribution < 1.29 is 9.59 Å². The molecule has 19 heavy (non-hydrogen) atoms. The summed E-state index contributed by atoms with van der Waals surface area (Å²) in [6.07, 6.45) is 2.00. The van der Waals surface area contributed by atoms with Gasteiger partial charge in [-0.25, -0.2) is 0 Å². The van der Waals surface area contributed by atoms with E-state index in [9.17, 15) is 9.59 Å². The first kappa shape index (κ1) is 15.0. The van der Waals surface area contributed by atoms with Crippen molar-refractivity contribution in [3.63, 3.8) is 0 Å². The minimum absolute atomic E-state index is 0.0644. The van der Waals surface area contributed by atoms with Crippen LogP contribution < -0.4 is 16.4 Å². The Morgan fingerprint density at radius 2 is 2.11 bits per heavy atom. The van der Waals surface area contributed by atoms with E-state index in [1.165, 1.54) is 0 Å². The second kappa shape index (κ2) is 7.41. The molecule has 1 aromatic carbocycles. The van der Waals surface area contributed by atoms with Gasteiger partial charge in [0.2, 0.25) is 11.8 Å². The maximum absolute atomic E-state index is 11.7. The van der Waals surface area contributed by atoms with Crippen LogP contribution in [0.3, 0.4) is 0 Å². The number of hydrogen-bond donors (Lipinski definition) is 3. The SMILES string of the molecule is CCCC(C)NC(=O)CNc1cccc(C(N)=O)c1. The molecular weight excluding hydrogens is 242 g/mol. The molecule has 0 heterocycles. The zero-order chi connectivity index (χ0) is 14.3. The smallest absolute Gasteiger partial charge is 0.248 e. The lowest BCUT2D eigenvalue weighted by Gasteiger charge is -2.13. The Labute approximate surface area is 113 Å². The van der Waals surface area contributed by atoms with Crippen LogP contribution in [0.25, 0.3) is 0 Å². The number of carbonyl (C=O) groups excluding carboxylic acids is 2. The highest BCUT2D eigenvalue weighted by atomic mass is 16.2. The minimum Gasteiger partial charge on any atom is -0.376 e. The average Bonchev–Trinajstić information content (AvgIpc) is 2.37. The zero-order valence-corrected chi connectivity index (χ0v) is 11.4. The number of nitrogens with two attached hydrogens (primary N) is 1. The first-order chi connectivity index (χ1) is 9.02. The Balaban J connectivity index is 2.46. The molecule has 1 aromatic rings. The molecule has 0 bridgehead atoms. The van der Waals surface area contributed by atoms with E-state index in [1.54, 1.807) is 24.3 Å². The molecule has 0 fully saturated rings. The standard InChI is InChI=1S/C14H21N3O2/c1-3-5-10(2)17-13(18)9-16-12-7-4-6-11(8-12)14(15)19/h4,6-8,10,16H,3,5,9H2,1-2H3,(H2,15,19)(H,17,18). The van der Waals surface area contributed by atoms with E-state index < -0.39 is 5.91 Å². The quantitative estimate of drug-likeness (QED) is 0.697. The second-order valence-electron chi connectivity index (χ2n) is 4.56. The van der Waals surface area contributed by atoms with E-state index >= 15 is 0 Å². The van der Waals surface area contributed by atoms with Gasteiger partial charge in [-0.2, -0.15) is 0 Å². The van der Waals surface area contributed by atoms with Crippen LogP contribution >= 0.6 is 0 Å². The van der Waals surface area contributed by atoms with Crippen molar-refractivity contribution in [1.82, 2.24) is 5.32 Å². The van der Waals surface area contributed by atoms with E-state index in [2.05, 4.69) is 17.6 Å². The molecule has 5 nitrogen and oxygen atoms in total. The maximum atomic E-state index is 11.7. The maximum Gasteiger partial charge on any atom is 0.248 e. The van der Waals surface area contributed by atoms with Gasteiger partial charge < -0.3 is 16.4 Å². The summed E-state index contributed by atoms with van der Waals surface area (Å²) in [5.41, 5.74) is 6.32. The highest BCUT2D eigenvalue weighted by Crippen LogP contribution is 2.09. The third-order valence-electron chi connectivity index (χ3n) is 2.73. The van der Waals surface area contributed by atoms with E-state index in [0.717, 1.165) is 12.8 Å². The topological polar surface area (TPSA) is 84.2 Å². The minimum atomic E-state index is -0.482. The Kier molecular flexibility index (Phi) is 5.85. The van der Waals surface area contributed by atoms with Crippen LogP contribution in [-0.2, 0) is 4.79 Å². The molecule has 104 valence electrons. The fourth-order valence-corrected chi connectivity index (χ4v) is 1.80. The summed E-state index contributed by atoms with van der Waals surface area (Å²) in [4.78, 5) is 22.7. The monoisotopic (exact) mass is 263 g/mol. The second-order valence-corrected chi connectivity index (χ2v) is 4.56. The van der Waals surface area contributed by atoms with Crippen LogP contribution in [0.4, 0.5) is 5.69 Å². The number of benzene rings is 1. The lowest BCUT2D eigenvalue weighted by Crippen LogP contribution is -2.36. The fraction of sp³-hybridized carbons (Fsp3) is 0.429. The molecule has 0 aromatic heterocycles. The first-order valence-corrected chi connectivity index (χ1v) is 6.46. The summed E-state index contributed by atoms with van der Waals surface area (Å²) < 4.78 is 0. The van der Waals surface area contributed by atoms with Crippen LogP contribution in [-0.4, -0.2) is 24.4 Å². The van der Waals surface area contributed by atoms with E-state index in [1.807, 2.05) is 6.92 Å². The summed E-state index contributed by atoms with van der Waals surface area (Å²) in [7, 11) is 0. The van der Waals surface area contributed by atoms with Gasteiger partial charge in [0.1, 0.15) is 0 Å². The van der Waals surface area contributed by atoms with Gasteiger partial charge in [-0.15, -0.1) is 0 Å². The molecule has 0 aliphatic rings. The van der Waals surface area contributed by atoms with Crippen LogP contribution in [0, 0.1) is 0 Å². The third-order valence-corrected chi connectivity index (χ3v) is 2.73. The van der Waals surface area contributed by atoms with Gasteiger partial charge in [0, 0.05) is 17.3 Å². The number of carbonyl (C=O) groups is 2. The highest BCUT2D eigenvalue weighted by Gasteiger charge is 2.06. The number of amides is 2. The Bertz CT molecular complexity index is 446. The summed E-state index contributed by atoms with van der Waals surface area (Å²) in [5.74, 6) is -0.546. The van der Waals surface area contributed by atoms with E-state index in [-0.39, 0.29) is 18.5 Å². The average molecular weight is 263 g/mol. The van der Waals surface area contributed by atoms with Crippen molar-refractivity contribution in [2.75, 3.05) is 11.9 Å². The van der Waals surface area contributed by atoms with E-state index in [4.69, 9.17) is 5.73 Å². The predicted molar refractivity (Wildman–Crippen MR) is 76.0 cm³/mol. The molecule has 1 unspecified atom stereocenters. The molecule has 0 saturated heterocycles. The summed E-state index contributed by atoms with van der Waals surface area (Å²) >= 11 is 0. The Morgan fingerprint density at radius 1 is 1.37 bits per heavy atom. The van der Waals surface area contributed by atoms with Crippen LogP contribution in [0.5, 0.6) is 0 Å². The van der Waals surface area contributed by atoms with Gasteiger partial charge >= 0.3 is 0 Å². The Hall–Kier alpha value is -2.04. The lowest BCUT2D eigenvalue weighted by atomic mass is 10.2. The number of nitrogens with one attached hydrogen (secondary N) is 2. The van der Waals surface area contributed by atoms with Crippen LogP contribution in [0.15, 0.2) is 24.3 Å². The summed E-state index contributed by atoms with van der Waals surface area (Å²) in [6.45, 7) is 4.24. The van der Waals surface area contributed by atoms with Gasteiger partial charge in [0.15, 0.2) is 0 Å². The number of hydrogen-bond acceptors (Lipinski definition) is 3. The third kappa shape index (κ3) is 5.42. The van der Waals surface area contributed by atoms with Crippen LogP contribution in [0.1, 0.15) is 37.0 Å². The molecule has 0 saturated carbocycles. The first-order valence-electron chi connectivity index (χ1n) is 6.46. The largest absolute Gasteiger partial charge is 0.376 e. The predicted octanol–water partition coefficient (Wildman–Crippen LogP) is 1.50. The fourth-order valence-electron chi connectivity index (χ4n) is 1.80. The molecule has 0 aliphatic carbocycles. The molecule has 5 heteroatoms. The molecule has 0 aliphatic heterocycles. The lowest BCUT2D eigenvalue weighted by molar-refractivity contribution is -0.120. The van der Waals surface area contributed by atoms with Gasteiger partial charge in [-0.1, -0.05) is 19.4 Å².